The number of hydrogen-bond donors (Lipinski definition) is 1. The summed E-state index contributed by atoms with van der Waals surface area (Å²) < 4.78 is 6.02. The lowest BCUT2D eigenvalue weighted by atomic mass is 10.0. The van der Waals surface area contributed by atoms with Gasteiger partial charge >= 0.3 is 0 Å². The monoisotopic (exact) mass is 276 g/mol. The molecule has 2 rings (SSSR count). The van der Waals surface area contributed by atoms with E-state index in [0.29, 0.717) is 12.0 Å². The minimum absolute atomic E-state index is 0.273. The summed E-state index contributed by atoms with van der Waals surface area (Å²) in [5, 5.41) is 3.68. The zero-order valence-electron chi connectivity index (χ0n) is 13.4. The summed E-state index contributed by atoms with van der Waals surface area (Å²) in [6, 6.07) is 6.98. The van der Waals surface area contributed by atoms with Gasteiger partial charge in [0.15, 0.2) is 0 Å². The number of likely N-dealkylation sites (N-methyl/N-ethyl adjacent to an activating group) is 1. The maximum absolute atomic E-state index is 6.02. The third kappa shape index (κ3) is 3.97. The minimum atomic E-state index is 0.273. The molecule has 1 aliphatic heterocycles. The van der Waals surface area contributed by atoms with Crippen molar-refractivity contribution in [2.24, 2.45) is 5.92 Å². The number of ether oxygens (including phenoxy) is 1. The SMILES string of the molecule is Cc1ccc2c(c1)CC(CNC(CN(C)C)C(C)C)O2. The molecule has 0 saturated heterocycles. The molecule has 0 spiro atoms. The Morgan fingerprint density at radius 1 is 1.35 bits per heavy atom. The van der Waals surface area contributed by atoms with E-state index >= 15 is 0 Å². The van der Waals surface area contributed by atoms with Gasteiger partial charge in [0.2, 0.25) is 0 Å². The van der Waals surface area contributed by atoms with E-state index in [-0.39, 0.29) is 6.10 Å². The van der Waals surface area contributed by atoms with E-state index in [9.17, 15) is 0 Å². The number of aryl methyl sites for hydroxylation is 1. The second-order valence-electron chi connectivity index (χ2n) is 6.58. The summed E-state index contributed by atoms with van der Waals surface area (Å²) in [6.45, 7) is 8.67. The molecule has 0 fully saturated rings. The van der Waals surface area contributed by atoms with Gasteiger partial charge in [-0.15, -0.1) is 0 Å². The van der Waals surface area contributed by atoms with Crippen LogP contribution in [0.1, 0.15) is 25.0 Å². The van der Waals surface area contributed by atoms with E-state index in [4.69, 9.17) is 4.74 Å². The highest BCUT2D eigenvalue weighted by molar-refractivity contribution is 5.40. The van der Waals surface area contributed by atoms with Gasteiger partial charge in [0, 0.05) is 25.6 Å². The average Bonchev–Trinajstić information content (AvgIpc) is 2.75. The van der Waals surface area contributed by atoms with Crippen LogP contribution in [-0.2, 0) is 6.42 Å². The fourth-order valence-corrected chi connectivity index (χ4v) is 2.75. The molecule has 3 heteroatoms. The van der Waals surface area contributed by atoms with Crippen molar-refractivity contribution in [2.75, 3.05) is 27.2 Å². The molecule has 1 aromatic rings. The molecule has 0 aliphatic carbocycles. The largest absolute Gasteiger partial charge is 0.488 e. The van der Waals surface area contributed by atoms with E-state index in [1.807, 2.05) is 0 Å². The molecule has 112 valence electrons. The van der Waals surface area contributed by atoms with Gasteiger partial charge in [0.05, 0.1) is 0 Å². The molecule has 0 amide bonds. The standard InChI is InChI=1S/C17H28N2O/c1-12(2)16(11-19(4)5)18-10-15-9-14-8-13(3)6-7-17(14)20-15/h6-8,12,15-16,18H,9-11H2,1-5H3. The molecule has 1 heterocycles. The van der Waals surface area contributed by atoms with Gasteiger partial charge in [-0.2, -0.15) is 0 Å². The minimum Gasteiger partial charge on any atom is -0.488 e. The van der Waals surface area contributed by atoms with Crippen molar-refractivity contribution < 1.29 is 4.74 Å². The normalized spacial score (nSPS) is 19.2. The van der Waals surface area contributed by atoms with Gasteiger partial charge in [-0.3, -0.25) is 0 Å². The summed E-state index contributed by atoms with van der Waals surface area (Å²) >= 11 is 0. The smallest absolute Gasteiger partial charge is 0.123 e. The van der Waals surface area contributed by atoms with E-state index in [1.165, 1.54) is 11.1 Å². The van der Waals surface area contributed by atoms with E-state index in [1.54, 1.807) is 0 Å². The fraction of sp³-hybridized carbons (Fsp3) is 0.647. The molecule has 1 aliphatic rings. The van der Waals surface area contributed by atoms with E-state index < -0.39 is 0 Å². The predicted molar refractivity (Wildman–Crippen MR) is 84.5 cm³/mol. The molecular weight excluding hydrogens is 248 g/mol. The molecule has 3 nitrogen and oxygen atoms in total. The highest BCUT2D eigenvalue weighted by Gasteiger charge is 2.24. The predicted octanol–water partition coefficient (Wildman–Crippen LogP) is 2.47. The Kier molecular flexibility index (Phi) is 5.06. The van der Waals surface area contributed by atoms with Crippen LogP contribution in [-0.4, -0.2) is 44.2 Å². The van der Waals surface area contributed by atoms with Crippen molar-refractivity contribution in [3.63, 3.8) is 0 Å². The van der Waals surface area contributed by atoms with E-state index in [2.05, 4.69) is 63.3 Å². The van der Waals surface area contributed by atoms with Crippen LogP contribution in [0.2, 0.25) is 0 Å². The third-order valence-electron chi connectivity index (χ3n) is 3.93. The zero-order chi connectivity index (χ0) is 14.7. The lowest BCUT2D eigenvalue weighted by molar-refractivity contribution is 0.204. The van der Waals surface area contributed by atoms with Crippen LogP contribution in [0.5, 0.6) is 5.75 Å². The quantitative estimate of drug-likeness (QED) is 0.864. The lowest BCUT2D eigenvalue weighted by Crippen LogP contribution is -2.45. The van der Waals surface area contributed by atoms with E-state index in [0.717, 1.165) is 25.3 Å². The van der Waals surface area contributed by atoms with Crippen molar-refractivity contribution in [1.29, 1.82) is 0 Å². The summed E-state index contributed by atoms with van der Waals surface area (Å²) in [6.07, 6.45) is 1.30. The molecule has 1 N–H and O–H groups in total. The van der Waals surface area contributed by atoms with Crippen LogP contribution in [0.4, 0.5) is 0 Å². The van der Waals surface area contributed by atoms with Crippen molar-refractivity contribution in [2.45, 2.75) is 39.3 Å². The van der Waals surface area contributed by atoms with Crippen LogP contribution >= 0.6 is 0 Å². The fourth-order valence-electron chi connectivity index (χ4n) is 2.75. The van der Waals surface area contributed by atoms with Crippen LogP contribution < -0.4 is 10.1 Å². The van der Waals surface area contributed by atoms with Gasteiger partial charge in [-0.05, 0) is 38.6 Å². The Hall–Kier alpha value is -1.06. The number of hydrogen-bond acceptors (Lipinski definition) is 3. The first-order valence-corrected chi connectivity index (χ1v) is 7.60. The van der Waals surface area contributed by atoms with Gasteiger partial charge in [0.25, 0.3) is 0 Å². The second kappa shape index (κ2) is 6.59. The number of fused-ring (bicyclic) bond motifs is 1. The van der Waals surface area contributed by atoms with Crippen LogP contribution in [0.25, 0.3) is 0 Å². The Balaban J connectivity index is 1.86. The molecule has 20 heavy (non-hydrogen) atoms. The molecule has 0 radical (unpaired) electrons. The highest BCUT2D eigenvalue weighted by atomic mass is 16.5. The topological polar surface area (TPSA) is 24.5 Å². The Labute approximate surface area is 123 Å². The molecular formula is C17H28N2O. The van der Waals surface area contributed by atoms with Crippen molar-refractivity contribution >= 4 is 0 Å². The van der Waals surface area contributed by atoms with Gasteiger partial charge in [-0.25, -0.2) is 0 Å². The molecule has 1 aromatic carbocycles. The number of rotatable bonds is 6. The number of nitrogens with zero attached hydrogens (tertiary/aromatic N) is 1. The Morgan fingerprint density at radius 2 is 2.10 bits per heavy atom. The highest BCUT2D eigenvalue weighted by Crippen LogP contribution is 2.29. The molecule has 0 saturated carbocycles. The maximum Gasteiger partial charge on any atom is 0.123 e. The average molecular weight is 276 g/mol. The van der Waals surface area contributed by atoms with Gasteiger partial charge in [0.1, 0.15) is 11.9 Å². The van der Waals surface area contributed by atoms with Gasteiger partial charge < -0.3 is 15.0 Å². The first kappa shape index (κ1) is 15.3. The summed E-state index contributed by atoms with van der Waals surface area (Å²) in [5.74, 6) is 1.69. The number of benzene rings is 1. The molecule has 0 aromatic heterocycles. The molecule has 2 atom stereocenters. The molecule has 0 bridgehead atoms. The summed E-state index contributed by atoms with van der Waals surface area (Å²) in [5.41, 5.74) is 2.67. The lowest BCUT2D eigenvalue weighted by Gasteiger charge is -2.27. The Morgan fingerprint density at radius 3 is 2.75 bits per heavy atom. The molecule has 2 unspecified atom stereocenters. The second-order valence-corrected chi connectivity index (χ2v) is 6.58. The third-order valence-corrected chi connectivity index (χ3v) is 3.93. The van der Waals surface area contributed by atoms with Crippen LogP contribution in [0, 0.1) is 12.8 Å². The first-order valence-electron chi connectivity index (χ1n) is 7.60. The van der Waals surface area contributed by atoms with Crippen molar-refractivity contribution in [3.8, 4) is 5.75 Å². The Bertz CT molecular complexity index is 443. The summed E-state index contributed by atoms with van der Waals surface area (Å²) in [4.78, 5) is 2.24. The summed E-state index contributed by atoms with van der Waals surface area (Å²) in [7, 11) is 4.25. The first-order chi connectivity index (χ1) is 9.45. The van der Waals surface area contributed by atoms with Crippen molar-refractivity contribution in [1.82, 2.24) is 10.2 Å². The van der Waals surface area contributed by atoms with Crippen LogP contribution in [0.3, 0.4) is 0 Å². The zero-order valence-corrected chi connectivity index (χ0v) is 13.4. The maximum atomic E-state index is 6.02. The van der Waals surface area contributed by atoms with Crippen LogP contribution in [0.15, 0.2) is 18.2 Å². The number of nitrogens with one attached hydrogen (secondary N) is 1. The van der Waals surface area contributed by atoms with Gasteiger partial charge in [-0.1, -0.05) is 31.5 Å². The van der Waals surface area contributed by atoms with Crippen molar-refractivity contribution in [3.05, 3.63) is 29.3 Å².